The van der Waals surface area contributed by atoms with Gasteiger partial charge in [-0.3, -0.25) is 0 Å². The van der Waals surface area contributed by atoms with Crippen LogP contribution in [0.2, 0.25) is 36.3 Å². The van der Waals surface area contributed by atoms with Crippen molar-refractivity contribution in [3.8, 4) is 11.8 Å². The average Bonchev–Trinajstić information content (AvgIpc) is 3.32. The molecule has 0 aromatic carbocycles. The van der Waals surface area contributed by atoms with Crippen LogP contribution >= 0.6 is 0 Å². The average molecular weight is 655 g/mol. The molecule has 0 heterocycles. The molecule has 0 aromatic rings. The summed E-state index contributed by atoms with van der Waals surface area (Å²) in [5.74, 6) is 9.27. The van der Waals surface area contributed by atoms with Crippen LogP contribution in [0.4, 0.5) is 0 Å². The number of hydrogen-bond donors (Lipinski definition) is 1. The summed E-state index contributed by atoms with van der Waals surface area (Å²) in [7, 11) is -3.64. The molecule has 3 rings (SSSR count). The van der Waals surface area contributed by atoms with Gasteiger partial charge in [-0.15, -0.1) is 0 Å². The zero-order valence-corrected chi connectivity index (χ0v) is 33.7. The number of rotatable bonds is 12. The van der Waals surface area contributed by atoms with Crippen LogP contribution in [-0.4, -0.2) is 39.6 Å². The molecular weight excluding hydrogens is 585 g/mol. The Morgan fingerprint density at radius 3 is 2.27 bits per heavy atom. The van der Waals surface area contributed by atoms with Gasteiger partial charge in [-0.05, 0) is 123 Å². The second kappa shape index (κ2) is 14.7. The fourth-order valence-corrected chi connectivity index (χ4v) is 13.1. The third-order valence-corrected chi connectivity index (χ3v) is 22.3. The fourth-order valence-electron chi connectivity index (χ4n) is 8.57. The molecule has 3 nitrogen and oxygen atoms in total. The van der Waals surface area contributed by atoms with Gasteiger partial charge in [0.25, 0.3) is 0 Å². The van der Waals surface area contributed by atoms with Gasteiger partial charge in [0.2, 0.25) is 0 Å². The summed E-state index contributed by atoms with van der Waals surface area (Å²) >= 11 is 0. The lowest BCUT2D eigenvalue weighted by Gasteiger charge is -2.43. The van der Waals surface area contributed by atoms with Crippen LogP contribution in [0, 0.1) is 35.0 Å². The molecule has 0 amide bonds. The van der Waals surface area contributed by atoms with Crippen LogP contribution in [0.1, 0.15) is 128 Å². The zero-order valence-electron chi connectivity index (χ0n) is 31.7. The van der Waals surface area contributed by atoms with Gasteiger partial charge in [-0.1, -0.05) is 92.7 Å². The molecule has 256 valence electrons. The molecule has 6 atom stereocenters. The van der Waals surface area contributed by atoms with E-state index < -0.39 is 22.7 Å². The lowest BCUT2D eigenvalue weighted by Crippen LogP contribution is -2.46. The van der Waals surface area contributed by atoms with Crippen LogP contribution in [0.3, 0.4) is 0 Å². The number of aliphatic hydroxyl groups is 1. The quantitative estimate of drug-likeness (QED) is 0.129. The van der Waals surface area contributed by atoms with Crippen LogP contribution in [0.15, 0.2) is 34.9 Å². The Labute approximate surface area is 281 Å². The Hall–Kier alpha value is -0.906. The van der Waals surface area contributed by atoms with Gasteiger partial charge in [0.05, 0.1) is 17.8 Å². The first-order valence-electron chi connectivity index (χ1n) is 18.4. The molecule has 3 aliphatic carbocycles. The van der Waals surface area contributed by atoms with Crippen molar-refractivity contribution in [2.75, 3.05) is 0 Å². The van der Waals surface area contributed by atoms with Crippen molar-refractivity contribution in [3.05, 3.63) is 34.9 Å². The van der Waals surface area contributed by atoms with Crippen LogP contribution in [-0.2, 0) is 8.85 Å². The highest BCUT2D eigenvalue weighted by Gasteiger charge is 2.50. The first-order chi connectivity index (χ1) is 20.8. The summed E-state index contributed by atoms with van der Waals surface area (Å²) in [5.41, 5.74) is 4.61. The van der Waals surface area contributed by atoms with Gasteiger partial charge in [0.1, 0.15) is 0 Å². The molecule has 0 saturated heterocycles. The summed E-state index contributed by atoms with van der Waals surface area (Å²) in [6.07, 6.45) is 10.7. The first-order valence-corrected chi connectivity index (χ1v) is 23.9. The lowest BCUT2D eigenvalue weighted by atomic mass is 9.62. The summed E-state index contributed by atoms with van der Waals surface area (Å²) < 4.78 is 13.7. The summed E-state index contributed by atoms with van der Waals surface area (Å²) in [6.45, 7) is 34.5. The number of aliphatic hydroxyl groups excluding tert-OH is 1. The molecule has 0 bridgehead atoms. The molecule has 5 heteroatoms. The third kappa shape index (κ3) is 8.58. The van der Waals surface area contributed by atoms with E-state index in [1.165, 1.54) is 55.8 Å². The fraction of sp³-hybridized carbons (Fsp3) is 0.800. The van der Waals surface area contributed by atoms with E-state index in [4.69, 9.17) is 8.85 Å². The maximum Gasteiger partial charge on any atom is 0.193 e. The summed E-state index contributed by atoms with van der Waals surface area (Å²) in [6, 6.07) is 3.66. The van der Waals surface area contributed by atoms with Gasteiger partial charge in [0.15, 0.2) is 16.6 Å². The normalized spacial score (nSPS) is 28.8. The number of allylic oxidation sites excluding steroid dienone is 2. The van der Waals surface area contributed by atoms with E-state index in [0.717, 1.165) is 35.5 Å². The predicted molar refractivity (Wildman–Crippen MR) is 199 cm³/mol. The van der Waals surface area contributed by atoms with E-state index in [0.29, 0.717) is 23.7 Å². The molecule has 0 aromatic heterocycles. The smallest absolute Gasteiger partial charge is 0.193 e. The van der Waals surface area contributed by atoms with Crippen LogP contribution in [0.25, 0.3) is 0 Å². The highest BCUT2D eigenvalue weighted by molar-refractivity contribution is 6.74. The van der Waals surface area contributed by atoms with E-state index in [2.05, 4.69) is 114 Å². The van der Waals surface area contributed by atoms with E-state index in [1.54, 1.807) is 0 Å². The first kappa shape index (κ1) is 38.5. The molecule has 1 unspecified atom stereocenters. The highest BCUT2D eigenvalue weighted by atomic mass is 28.4. The largest absolute Gasteiger partial charge is 0.412 e. The molecule has 1 saturated carbocycles. The third-order valence-electron chi connectivity index (χ3n) is 13.0. The highest BCUT2D eigenvalue weighted by Crippen LogP contribution is 2.58. The lowest BCUT2D eigenvalue weighted by molar-refractivity contribution is 0.0736. The van der Waals surface area contributed by atoms with Crippen molar-refractivity contribution in [2.45, 2.75) is 182 Å². The SMILES string of the molecule is C=C1[C@H](O[Si](C)(C)C(C)(C)C)C(C)=C(C#CC2=CCC[C@]3(C)[C@@H](C(C)CCCC(C)(C)O[Si](CC)(CC)CC)CC[C@@H]23)C[C@H]1O. The van der Waals surface area contributed by atoms with Gasteiger partial charge in [0, 0.05) is 17.6 Å². The Balaban J connectivity index is 1.71. The van der Waals surface area contributed by atoms with E-state index in [9.17, 15) is 5.11 Å². The molecule has 3 aliphatic rings. The molecule has 45 heavy (non-hydrogen) atoms. The van der Waals surface area contributed by atoms with Crippen molar-refractivity contribution in [1.82, 2.24) is 0 Å². The monoisotopic (exact) mass is 654 g/mol. The Morgan fingerprint density at radius 2 is 1.69 bits per heavy atom. The second-order valence-electron chi connectivity index (χ2n) is 17.4. The predicted octanol–water partition coefficient (Wildman–Crippen LogP) is 11.4. The second-order valence-corrected chi connectivity index (χ2v) is 26.8. The molecule has 0 radical (unpaired) electrons. The standard InChI is InChI=1S/C40H70O3Si2/c1-15-45(16-2,17-3)43-39(10,11)26-18-20-29(4)34-24-25-35-32(21-19-27-40(34,35)12)22-23-33-28-36(41)31(6)37(30(33)5)42-44(13,14)38(7,8)9/h21,29,34-37,41H,6,15-20,24-28H2,1-5,7-14H3/t29?,34-,35+,36-,37-,40-/m1/s1. The van der Waals surface area contributed by atoms with Crippen LogP contribution in [0.5, 0.6) is 0 Å². The van der Waals surface area contributed by atoms with E-state index in [-0.39, 0.29) is 16.7 Å². The van der Waals surface area contributed by atoms with Crippen molar-refractivity contribution in [3.63, 3.8) is 0 Å². The van der Waals surface area contributed by atoms with Crippen molar-refractivity contribution < 1.29 is 14.0 Å². The van der Waals surface area contributed by atoms with Gasteiger partial charge < -0.3 is 14.0 Å². The van der Waals surface area contributed by atoms with Crippen molar-refractivity contribution >= 4 is 16.6 Å². The maximum atomic E-state index is 11.0. The van der Waals surface area contributed by atoms with E-state index in [1.807, 2.05) is 0 Å². The van der Waals surface area contributed by atoms with Gasteiger partial charge in [-0.25, -0.2) is 0 Å². The minimum absolute atomic E-state index is 0.0208. The number of hydrogen-bond acceptors (Lipinski definition) is 3. The Morgan fingerprint density at radius 1 is 1.07 bits per heavy atom. The minimum atomic E-state index is -2.04. The Bertz CT molecular complexity index is 1160. The van der Waals surface area contributed by atoms with Gasteiger partial charge in [-0.2, -0.15) is 0 Å². The zero-order chi connectivity index (χ0) is 34.0. The van der Waals surface area contributed by atoms with Crippen molar-refractivity contribution in [2.24, 2.45) is 23.2 Å². The molecule has 1 fully saturated rings. The van der Waals surface area contributed by atoms with Crippen molar-refractivity contribution in [1.29, 1.82) is 0 Å². The minimum Gasteiger partial charge on any atom is -0.412 e. The van der Waals surface area contributed by atoms with Crippen LogP contribution < -0.4 is 0 Å². The Kier molecular flexibility index (Phi) is 12.6. The topological polar surface area (TPSA) is 38.7 Å². The van der Waals surface area contributed by atoms with E-state index >= 15 is 0 Å². The summed E-state index contributed by atoms with van der Waals surface area (Å²) in [5, 5.41) is 11.1. The van der Waals surface area contributed by atoms with Gasteiger partial charge >= 0.3 is 0 Å². The molecule has 1 N–H and O–H groups in total. The summed E-state index contributed by atoms with van der Waals surface area (Å²) in [4.78, 5) is 0. The molecule has 0 aliphatic heterocycles. The molecular formula is C40H70O3Si2. The molecule has 0 spiro atoms. The maximum absolute atomic E-state index is 11.0. The number of fused-ring (bicyclic) bond motifs is 1.